The van der Waals surface area contributed by atoms with Crippen molar-refractivity contribution in [2.45, 2.75) is 39.4 Å². The van der Waals surface area contributed by atoms with Gasteiger partial charge in [0.25, 0.3) is 5.79 Å². The van der Waals surface area contributed by atoms with Crippen molar-refractivity contribution in [2.75, 3.05) is 13.2 Å². The quantitative estimate of drug-likeness (QED) is 0.574. The van der Waals surface area contributed by atoms with Crippen LogP contribution in [0.5, 0.6) is 0 Å². The molecule has 0 rings (SSSR count). The minimum atomic E-state index is -1.00. The lowest BCUT2D eigenvalue weighted by Gasteiger charge is -2.25. The average molecular weight is 171 g/mol. The van der Waals surface area contributed by atoms with Gasteiger partial charge >= 0.3 is 0 Å². The molecule has 0 aliphatic rings. The zero-order chi connectivity index (χ0) is 9.45. The first-order chi connectivity index (χ1) is 5.74. The third-order valence-corrected chi connectivity index (χ3v) is 1.50. The van der Waals surface area contributed by atoms with Crippen LogP contribution in [-0.4, -0.2) is 19.0 Å². The molecule has 0 fully saturated rings. The van der Waals surface area contributed by atoms with Gasteiger partial charge in [0.15, 0.2) is 0 Å². The lowest BCUT2D eigenvalue weighted by atomic mass is 10.2. The molecule has 0 saturated carbocycles. The largest absolute Gasteiger partial charge is 0.338 e. The van der Waals surface area contributed by atoms with E-state index in [2.05, 4.69) is 6.07 Å². The van der Waals surface area contributed by atoms with E-state index >= 15 is 0 Å². The van der Waals surface area contributed by atoms with Crippen LogP contribution in [0.2, 0.25) is 0 Å². The smallest absolute Gasteiger partial charge is 0.259 e. The van der Waals surface area contributed by atoms with E-state index in [1.807, 2.05) is 20.8 Å². The zero-order valence-electron chi connectivity index (χ0n) is 8.09. The second kappa shape index (κ2) is 5.99. The molecule has 0 aliphatic heterocycles. The molecule has 0 aromatic carbocycles. The summed E-state index contributed by atoms with van der Waals surface area (Å²) in [6, 6.07) is 2.07. The van der Waals surface area contributed by atoms with E-state index in [1.54, 1.807) is 0 Å². The van der Waals surface area contributed by atoms with Gasteiger partial charge in [-0.1, -0.05) is 6.92 Å². The van der Waals surface area contributed by atoms with Crippen LogP contribution in [0.1, 0.15) is 33.6 Å². The van der Waals surface area contributed by atoms with Crippen LogP contribution in [0.3, 0.4) is 0 Å². The molecule has 3 heteroatoms. The van der Waals surface area contributed by atoms with Crippen molar-refractivity contribution in [1.82, 2.24) is 0 Å². The van der Waals surface area contributed by atoms with Crippen LogP contribution in [0.4, 0.5) is 0 Å². The maximum atomic E-state index is 8.87. The first-order valence-corrected chi connectivity index (χ1v) is 4.43. The first-order valence-electron chi connectivity index (χ1n) is 4.43. The van der Waals surface area contributed by atoms with E-state index in [-0.39, 0.29) is 0 Å². The predicted molar refractivity (Wildman–Crippen MR) is 46.5 cm³/mol. The Morgan fingerprint density at radius 1 is 1.17 bits per heavy atom. The summed E-state index contributed by atoms with van der Waals surface area (Å²) in [6.07, 6.45) is 1.51. The molecule has 0 saturated heterocycles. The summed E-state index contributed by atoms with van der Waals surface area (Å²) in [6.45, 7) is 6.74. The van der Waals surface area contributed by atoms with Crippen LogP contribution in [-0.2, 0) is 9.47 Å². The third kappa shape index (κ3) is 3.21. The van der Waals surface area contributed by atoms with E-state index in [9.17, 15) is 0 Å². The molecule has 0 heterocycles. The minimum absolute atomic E-state index is 0.508. The van der Waals surface area contributed by atoms with Crippen molar-refractivity contribution in [3.8, 4) is 6.07 Å². The molecule has 0 bridgehead atoms. The van der Waals surface area contributed by atoms with Crippen LogP contribution in [0.15, 0.2) is 0 Å². The van der Waals surface area contributed by atoms with Crippen molar-refractivity contribution in [1.29, 1.82) is 5.26 Å². The highest BCUT2D eigenvalue weighted by Gasteiger charge is 2.29. The van der Waals surface area contributed by atoms with Gasteiger partial charge in [0.2, 0.25) is 0 Å². The summed E-state index contributed by atoms with van der Waals surface area (Å²) >= 11 is 0. The van der Waals surface area contributed by atoms with Gasteiger partial charge in [-0.3, -0.25) is 0 Å². The molecule has 0 amide bonds. The first kappa shape index (κ1) is 11.4. The summed E-state index contributed by atoms with van der Waals surface area (Å²) in [4.78, 5) is 0. The number of ether oxygens (including phenoxy) is 2. The van der Waals surface area contributed by atoms with Gasteiger partial charge in [0.05, 0.1) is 0 Å². The molecule has 0 N–H and O–H groups in total. The third-order valence-electron chi connectivity index (χ3n) is 1.50. The second-order valence-corrected chi connectivity index (χ2v) is 2.48. The number of rotatable bonds is 6. The fourth-order valence-electron chi connectivity index (χ4n) is 1.10. The standard InChI is InChI=1S/C9H17NO2/c1-4-7-9(8-10,11-5-2)12-6-3/h4-7H2,1-3H3. The second-order valence-electron chi connectivity index (χ2n) is 2.48. The van der Waals surface area contributed by atoms with Crippen molar-refractivity contribution in [2.24, 2.45) is 0 Å². The highest BCUT2D eigenvalue weighted by Crippen LogP contribution is 2.18. The maximum Gasteiger partial charge on any atom is 0.259 e. The Kier molecular flexibility index (Phi) is 5.69. The highest BCUT2D eigenvalue weighted by atomic mass is 16.7. The van der Waals surface area contributed by atoms with Gasteiger partial charge in [-0.05, 0) is 20.3 Å². The lowest BCUT2D eigenvalue weighted by Crippen LogP contribution is -2.34. The van der Waals surface area contributed by atoms with Crippen LogP contribution >= 0.6 is 0 Å². The van der Waals surface area contributed by atoms with Gasteiger partial charge in [-0.15, -0.1) is 0 Å². The zero-order valence-corrected chi connectivity index (χ0v) is 8.09. The Labute approximate surface area is 74.3 Å². The van der Waals surface area contributed by atoms with Crippen molar-refractivity contribution in [3.05, 3.63) is 0 Å². The predicted octanol–water partition coefficient (Wildman–Crippen LogP) is 2.08. The van der Waals surface area contributed by atoms with Crippen LogP contribution < -0.4 is 0 Å². The Balaban J connectivity index is 4.19. The summed E-state index contributed by atoms with van der Waals surface area (Å²) in [5, 5.41) is 8.87. The van der Waals surface area contributed by atoms with E-state index in [1.165, 1.54) is 0 Å². The molecule has 0 aromatic heterocycles. The average Bonchev–Trinajstić information content (AvgIpc) is 2.06. The summed E-state index contributed by atoms with van der Waals surface area (Å²) in [5.74, 6) is -1.00. The Hall–Kier alpha value is -0.590. The van der Waals surface area contributed by atoms with Gasteiger partial charge in [-0.2, -0.15) is 5.26 Å². The number of nitriles is 1. The van der Waals surface area contributed by atoms with Crippen molar-refractivity contribution in [3.63, 3.8) is 0 Å². The van der Waals surface area contributed by atoms with E-state index in [0.29, 0.717) is 19.6 Å². The molecule has 0 radical (unpaired) electrons. The fraction of sp³-hybridized carbons (Fsp3) is 0.889. The monoisotopic (exact) mass is 171 g/mol. The molecule has 0 atom stereocenters. The van der Waals surface area contributed by atoms with Gasteiger partial charge in [0.1, 0.15) is 6.07 Å². The molecule has 70 valence electrons. The van der Waals surface area contributed by atoms with Gasteiger partial charge < -0.3 is 9.47 Å². The molecular formula is C9H17NO2. The summed E-state index contributed by atoms with van der Waals surface area (Å²) in [5.41, 5.74) is 0. The van der Waals surface area contributed by atoms with E-state index < -0.39 is 5.79 Å². The molecular weight excluding hydrogens is 154 g/mol. The van der Waals surface area contributed by atoms with Crippen molar-refractivity contribution >= 4 is 0 Å². The molecule has 3 nitrogen and oxygen atoms in total. The summed E-state index contributed by atoms with van der Waals surface area (Å²) in [7, 11) is 0. The van der Waals surface area contributed by atoms with E-state index in [4.69, 9.17) is 14.7 Å². The maximum absolute atomic E-state index is 8.87. The molecule has 0 aliphatic carbocycles. The van der Waals surface area contributed by atoms with Crippen LogP contribution in [0, 0.1) is 11.3 Å². The Bertz CT molecular complexity index is 134. The van der Waals surface area contributed by atoms with Crippen LogP contribution in [0.25, 0.3) is 0 Å². The fourth-order valence-corrected chi connectivity index (χ4v) is 1.10. The highest BCUT2D eigenvalue weighted by molar-refractivity contribution is 4.93. The van der Waals surface area contributed by atoms with Gasteiger partial charge in [-0.25, -0.2) is 0 Å². The number of hydrogen-bond acceptors (Lipinski definition) is 3. The SMILES string of the molecule is CCCC(C#N)(OCC)OCC. The lowest BCUT2D eigenvalue weighted by molar-refractivity contribution is -0.197. The minimum Gasteiger partial charge on any atom is -0.338 e. The van der Waals surface area contributed by atoms with Crippen molar-refractivity contribution < 1.29 is 9.47 Å². The molecule has 0 unspecified atom stereocenters. The number of nitrogens with zero attached hydrogens (tertiary/aromatic N) is 1. The summed E-state index contributed by atoms with van der Waals surface area (Å²) < 4.78 is 10.6. The molecule has 12 heavy (non-hydrogen) atoms. The van der Waals surface area contributed by atoms with E-state index in [0.717, 1.165) is 6.42 Å². The molecule has 0 aromatic rings. The van der Waals surface area contributed by atoms with Gasteiger partial charge in [0, 0.05) is 19.6 Å². The Morgan fingerprint density at radius 3 is 1.92 bits per heavy atom. The Morgan fingerprint density at radius 2 is 1.67 bits per heavy atom. The molecule has 0 spiro atoms. The normalized spacial score (nSPS) is 11.2. The number of hydrogen-bond donors (Lipinski definition) is 0. The topological polar surface area (TPSA) is 42.2 Å².